The number of hydrogen-bond donors (Lipinski definition) is 2. The Morgan fingerprint density at radius 2 is 1.82 bits per heavy atom. The number of methoxy groups -OCH3 is 1. The molecule has 1 aromatic heterocycles. The third-order valence-corrected chi connectivity index (χ3v) is 6.43. The number of hydrogen-bond acceptors (Lipinski definition) is 6. The Labute approximate surface area is 216 Å². The lowest BCUT2D eigenvalue weighted by atomic mass is 9.89. The number of rotatable bonds is 10. The molecule has 1 atom stereocenters. The molecular weight excluding hydrogens is 506 g/mol. The molecule has 0 saturated heterocycles. The first-order valence-corrected chi connectivity index (χ1v) is 12.0. The molecule has 0 spiro atoms. The summed E-state index contributed by atoms with van der Waals surface area (Å²) >= 11 is 0. The molecule has 1 unspecified atom stereocenters. The predicted octanol–water partition coefficient (Wildman–Crippen LogP) is 5.65. The van der Waals surface area contributed by atoms with Gasteiger partial charge in [0.25, 0.3) is 0 Å². The molecule has 2 aromatic carbocycles. The second kappa shape index (κ2) is 10.7. The summed E-state index contributed by atoms with van der Waals surface area (Å²) in [6.45, 7) is 0.873. The molecule has 3 aromatic rings. The van der Waals surface area contributed by atoms with Crippen LogP contribution in [0.5, 0.6) is 11.5 Å². The molecule has 0 amide bonds. The number of aryl methyl sites for hydroxylation is 1. The Kier molecular flexibility index (Phi) is 7.75. The van der Waals surface area contributed by atoms with E-state index in [-0.39, 0.29) is 34.2 Å². The molecular formula is C28H27F4NO5. The van der Waals surface area contributed by atoms with E-state index in [4.69, 9.17) is 9.47 Å². The van der Waals surface area contributed by atoms with Crippen molar-refractivity contribution in [3.63, 3.8) is 0 Å². The van der Waals surface area contributed by atoms with Crippen molar-refractivity contribution in [2.45, 2.75) is 57.1 Å². The summed E-state index contributed by atoms with van der Waals surface area (Å²) in [6, 6.07) is 10.6. The van der Waals surface area contributed by atoms with E-state index >= 15 is 0 Å². The molecule has 10 heteroatoms. The standard InChI is InChI=1S/C28H27F4NO5/c1-16-11-18(3-7-21(16)29)22-12-17(15-34)13-26(33-22)27(36,28(30,31)32)10-9-23(35)19-4-8-24(25(14-19)37-2)38-20-5-6-20/h3-4,7-8,11-14,20,34,36H,5-6,9-10,15H2,1-2H3. The van der Waals surface area contributed by atoms with Gasteiger partial charge in [-0.3, -0.25) is 4.79 Å². The van der Waals surface area contributed by atoms with Gasteiger partial charge < -0.3 is 19.7 Å². The van der Waals surface area contributed by atoms with Gasteiger partial charge in [0.1, 0.15) is 5.82 Å². The molecule has 0 radical (unpaired) electrons. The second-order valence-corrected chi connectivity index (χ2v) is 9.33. The van der Waals surface area contributed by atoms with E-state index in [0.29, 0.717) is 11.3 Å². The number of aromatic nitrogens is 1. The number of halogens is 4. The van der Waals surface area contributed by atoms with Crippen LogP contribution in [0.3, 0.4) is 0 Å². The van der Waals surface area contributed by atoms with Crippen LogP contribution in [0, 0.1) is 12.7 Å². The van der Waals surface area contributed by atoms with E-state index < -0.39 is 48.5 Å². The normalized spacial score (nSPS) is 15.2. The number of ether oxygens (including phenoxy) is 2. The molecule has 0 aliphatic heterocycles. The largest absolute Gasteiger partial charge is 0.493 e. The summed E-state index contributed by atoms with van der Waals surface area (Å²) in [6.07, 6.45) is -4.95. The van der Waals surface area contributed by atoms with Gasteiger partial charge in [-0.15, -0.1) is 0 Å². The van der Waals surface area contributed by atoms with Gasteiger partial charge in [-0.1, -0.05) is 0 Å². The third-order valence-electron chi connectivity index (χ3n) is 6.43. The quantitative estimate of drug-likeness (QED) is 0.259. The molecule has 6 nitrogen and oxygen atoms in total. The van der Waals surface area contributed by atoms with Crippen molar-refractivity contribution in [2.24, 2.45) is 0 Å². The first-order chi connectivity index (χ1) is 17.9. The van der Waals surface area contributed by atoms with E-state index in [1.165, 1.54) is 50.4 Å². The lowest BCUT2D eigenvalue weighted by molar-refractivity contribution is -0.270. The van der Waals surface area contributed by atoms with Gasteiger partial charge in [0.2, 0.25) is 5.60 Å². The number of aliphatic hydroxyl groups is 2. The zero-order valence-corrected chi connectivity index (χ0v) is 20.8. The van der Waals surface area contributed by atoms with E-state index in [9.17, 15) is 32.6 Å². The second-order valence-electron chi connectivity index (χ2n) is 9.33. The molecule has 0 bridgehead atoms. The van der Waals surface area contributed by atoms with Crippen molar-refractivity contribution in [3.8, 4) is 22.8 Å². The van der Waals surface area contributed by atoms with Crippen molar-refractivity contribution in [2.75, 3.05) is 7.11 Å². The van der Waals surface area contributed by atoms with Crippen LogP contribution in [0.25, 0.3) is 11.3 Å². The van der Waals surface area contributed by atoms with Crippen molar-refractivity contribution in [3.05, 3.63) is 76.7 Å². The average molecular weight is 534 g/mol. The molecule has 202 valence electrons. The van der Waals surface area contributed by atoms with Crippen LogP contribution >= 0.6 is 0 Å². The number of nitrogens with zero attached hydrogens (tertiary/aromatic N) is 1. The lowest BCUT2D eigenvalue weighted by Crippen LogP contribution is -2.43. The Hall–Kier alpha value is -3.50. The summed E-state index contributed by atoms with van der Waals surface area (Å²) in [7, 11) is 1.39. The van der Waals surface area contributed by atoms with E-state index in [2.05, 4.69) is 4.98 Å². The van der Waals surface area contributed by atoms with Crippen LogP contribution in [0.15, 0.2) is 48.5 Å². The van der Waals surface area contributed by atoms with Gasteiger partial charge in [0, 0.05) is 17.5 Å². The summed E-state index contributed by atoms with van der Waals surface area (Å²) in [5.74, 6) is -0.421. The molecule has 1 saturated carbocycles. The van der Waals surface area contributed by atoms with Crippen LogP contribution in [0.4, 0.5) is 17.6 Å². The fourth-order valence-corrected chi connectivity index (χ4v) is 4.00. The molecule has 1 heterocycles. The Morgan fingerprint density at radius 1 is 1.08 bits per heavy atom. The summed E-state index contributed by atoms with van der Waals surface area (Å²) in [5, 5.41) is 20.6. The molecule has 1 aliphatic rings. The Bertz CT molecular complexity index is 1340. The summed E-state index contributed by atoms with van der Waals surface area (Å²) in [4.78, 5) is 16.9. The van der Waals surface area contributed by atoms with Crippen LogP contribution < -0.4 is 9.47 Å². The number of pyridine rings is 1. The zero-order valence-electron chi connectivity index (χ0n) is 20.8. The average Bonchev–Trinajstić information content (AvgIpc) is 3.72. The van der Waals surface area contributed by atoms with Crippen LogP contribution in [-0.2, 0) is 12.2 Å². The van der Waals surface area contributed by atoms with Crippen LogP contribution in [0.2, 0.25) is 0 Å². The number of carbonyl (C=O) groups excluding carboxylic acids is 1. The summed E-state index contributed by atoms with van der Waals surface area (Å²) in [5.41, 5.74) is -3.52. The SMILES string of the molecule is COc1cc(C(=O)CCC(O)(c2cc(CO)cc(-c3ccc(F)c(C)c3)n2)C(F)(F)F)ccc1OC1CC1. The smallest absolute Gasteiger partial charge is 0.422 e. The molecule has 38 heavy (non-hydrogen) atoms. The van der Waals surface area contributed by atoms with E-state index in [1.54, 1.807) is 0 Å². The Balaban J connectivity index is 1.63. The van der Waals surface area contributed by atoms with Crippen molar-refractivity contribution in [1.29, 1.82) is 0 Å². The number of Topliss-reactive ketones (excluding diaryl/α,β-unsaturated/α-hetero) is 1. The molecule has 1 fully saturated rings. The fourth-order valence-electron chi connectivity index (χ4n) is 4.00. The van der Waals surface area contributed by atoms with Crippen LogP contribution in [-0.4, -0.2) is 40.4 Å². The van der Waals surface area contributed by atoms with Gasteiger partial charge in [0.15, 0.2) is 17.3 Å². The topological polar surface area (TPSA) is 88.9 Å². The highest BCUT2D eigenvalue weighted by molar-refractivity contribution is 5.96. The maximum absolute atomic E-state index is 14.3. The minimum Gasteiger partial charge on any atom is -0.493 e. The first kappa shape index (κ1) is 27.5. The number of benzene rings is 2. The maximum Gasteiger partial charge on any atom is 0.422 e. The van der Waals surface area contributed by atoms with Gasteiger partial charge in [-0.05, 0) is 85.8 Å². The number of aliphatic hydroxyl groups excluding tert-OH is 1. The molecule has 1 aliphatic carbocycles. The lowest BCUT2D eigenvalue weighted by Gasteiger charge is -2.30. The Morgan fingerprint density at radius 3 is 2.42 bits per heavy atom. The monoisotopic (exact) mass is 533 g/mol. The fraction of sp³-hybridized carbons (Fsp3) is 0.357. The van der Waals surface area contributed by atoms with Crippen molar-refractivity contribution >= 4 is 5.78 Å². The maximum atomic E-state index is 14.3. The minimum atomic E-state index is -5.19. The highest BCUT2D eigenvalue weighted by Gasteiger charge is 2.56. The molecule has 4 rings (SSSR count). The van der Waals surface area contributed by atoms with Crippen molar-refractivity contribution < 1.29 is 42.0 Å². The minimum absolute atomic E-state index is 0.0136. The highest BCUT2D eigenvalue weighted by Crippen LogP contribution is 2.43. The van der Waals surface area contributed by atoms with Gasteiger partial charge in [-0.2, -0.15) is 13.2 Å². The van der Waals surface area contributed by atoms with Gasteiger partial charge in [0.05, 0.1) is 31.2 Å². The van der Waals surface area contributed by atoms with Gasteiger partial charge in [-0.25, -0.2) is 9.37 Å². The third kappa shape index (κ3) is 5.81. The highest BCUT2D eigenvalue weighted by atomic mass is 19.4. The predicted molar refractivity (Wildman–Crippen MR) is 130 cm³/mol. The molecule has 2 N–H and O–H groups in total. The summed E-state index contributed by atoms with van der Waals surface area (Å²) < 4.78 is 67.5. The first-order valence-electron chi connectivity index (χ1n) is 12.0. The number of alkyl halides is 3. The van der Waals surface area contributed by atoms with Crippen LogP contribution in [0.1, 0.15) is 52.9 Å². The van der Waals surface area contributed by atoms with Crippen molar-refractivity contribution in [1.82, 2.24) is 4.98 Å². The van der Waals surface area contributed by atoms with E-state index in [0.717, 1.165) is 25.0 Å². The van der Waals surface area contributed by atoms with E-state index in [1.807, 2.05) is 0 Å². The van der Waals surface area contributed by atoms with Gasteiger partial charge >= 0.3 is 6.18 Å². The number of carbonyl (C=O) groups is 1. The zero-order chi connectivity index (χ0) is 27.7. The number of ketones is 1.